The third kappa shape index (κ3) is 2.48. The lowest BCUT2D eigenvalue weighted by Gasteiger charge is -2.50. The van der Waals surface area contributed by atoms with Gasteiger partial charge < -0.3 is 0 Å². The smallest absolute Gasteiger partial charge is 0.0455 e. The zero-order valence-electron chi connectivity index (χ0n) is 17.9. The quantitative estimate of drug-likeness (QED) is 0.519. The zero-order chi connectivity index (χ0) is 19.1. The van der Waals surface area contributed by atoms with Crippen molar-refractivity contribution in [2.45, 2.75) is 79.6 Å². The molecule has 0 saturated heterocycles. The van der Waals surface area contributed by atoms with Crippen LogP contribution in [-0.2, 0) is 5.41 Å². The first-order valence-corrected chi connectivity index (χ1v) is 10.6. The first kappa shape index (κ1) is 19.2. The van der Waals surface area contributed by atoms with Gasteiger partial charge in [0.15, 0.2) is 0 Å². The molecule has 0 nitrogen and oxygen atoms in total. The molecular formula is C26H36. The fraction of sp³-hybridized carbons (Fsp3) is 0.538. The van der Waals surface area contributed by atoms with Gasteiger partial charge in [-0.3, -0.25) is 0 Å². The van der Waals surface area contributed by atoms with Crippen molar-refractivity contribution in [1.82, 2.24) is 0 Å². The molecule has 0 aliphatic heterocycles. The van der Waals surface area contributed by atoms with Crippen LogP contribution in [0.2, 0.25) is 0 Å². The van der Waals surface area contributed by atoms with Gasteiger partial charge in [0.05, 0.1) is 0 Å². The highest BCUT2D eigenvalue weighted by atomic mass is 14.6. The number of allylic oxidation sites excluding steroid dienone is 5. The van der Waals surface area contributed by atoms with Crippen molar-refractivity contribution in [2.24, 2.45) is 11.3 Å². The molecule has 0 amide bonds. The van der Waals surface area contributed by atoms with Crippen LogP contribution >= 0.6 is 0 Å². The highest BCUT2D eigenvalue weighted by Crippen LogP contribution is 2.62. The molecule has 0 heterocycles. The van der Waals surface area contributed by atoms with Gasteiger partial charge in [-0.2, -0.15) is 0 Å². The normalized spacial score (nSPS) is 21.7. The van der Waals surface area contributed by atoms with Gasteiger partial charge in [0.25, 0.3) is 0 Å². The monoisotopic (exact) mass is 348 g/mol. The average Bonchev–Trinajstić information content (AvgIpc) is 2.89. The fourth-order valence-corrected chi connectivity index (χ4v) is 6.01. The lowest BCUT2D eigenvalue weighted by atomic mass is 9.52. The van der Waals surface area contributed by atoms with E-state index in [0.29, 0.717) is 5.92 Å². The van der Waals surface area contributed by atoms with E-state index in [-0.39, 0.29) is 10.8 Å². The number of benzene rings is 1. The Morgan fingerprint density at radius 1 is 0.808 bits per heavy atom. The van der Waals surface area contributed by atoms with Crippen molar-refractivity contribution in [2.75, 3.05) is 0 Å². The second kappa shape index (κ2) is 6.87. The molecule has 2 aliphatic rings. The summed E-state index contributed by atoms with van der Waals surface area (Å²) < 4.78 is 0. The lowest BCUT2D eigenvalue weighted by Crippen LogP contribution is -2.45. The lowest BCUT2D eigenvalue weighted by molar-refractivity contribution is 0.213. The summed E-state index contributed by atoms with van der Waals surface area (Å²) in [5, 5.41) is 0. The summed E-state index contributed by atoms with van der Waals surface area (Å²) in [6.07, 6.45) is 9.50. The van der Waals surface area contributed by atoms with E-state index >= 15 is 0 Å². The average molecular weight is 349 g/mol. The van der Waals surface area contributed by atoms with E-state index in [9.17, 15) is 0 Å². The van der Waals surface area contributed by atoms with Gasteiger partial charge in [0.2, 0.25) is 0 Å². The van der Waals surface area contributed by atoms with Crippen LogP contribution in [0.15, 0.2) is 52.6 Å². The first-order chi connectivity index (χ1) is 12.4. The Kier molecular flexibility index (Phi) is 5.08. The van der Waals surface area contributed by atoms with Crippen LogP contribution in [0.25, 0.3) is 6.08 Å². The summed E-state index contributed by atoms with van der Waals surface area (Å²) in [6, 6.07) is 9.16. The number of hydrogen-bond acceptors (Lipinski definition) is 0. The summed E-state index contributed by atoms with van der Waals surface area (Å²) in [5.41, 5.74) is 9.95. The number of rotatable bonds is 4. The molecule has 140 valence electrons. The molecule has 1 aromatic carbocycles. The predicted molar refractivity (Wildman–Crippen MR) is 115 cm³/mol. The highest BCUT2D eigenvalue weighted by molar-refractivity contribution is 5.71. The number of fused-ring (bicyclic) bond motifs is 2. The largest absolute Gasteiger partial charge is 0.0787 e. The summed E-state index contributed by atoms with van der Waals surface area (Å²) in [7, 11) is 0. The van der Waals surface area contributed by atoms with Gasteiger partial charge in [0.1, 0.15) is 0 Å². The fourth-order valence-electron chi connectivity index (χ4n) is 6.01. The summed E-state index contributed by atoms with van der Waals surface area (Å²) in [5.74, 6) is 0.500. The molecule has 1 spiro atoms. The minimum atomic E-state index is 0.0593. The molecule has 0 heteroatoms. The molecule has 0 N–H and O–H groups in total. The molecule has 26 heavy (non-hydrogen) atoms. The van der Waals surface area contributed by atoms with E-state index in [1.165, 1.54) is 5.56 Å². The van der Waals surface area contributed by atoms with Crippen LogP contribution in [-0.4, -0.2) is 0 Å². The third-order valence-electron chi connectivity index (χ3n) is 6.71. The molecule has 0 bridgehead atoms. The molecule has 0 saturated carbocycles. The van der Waals surface area contributed by atoms with Gasteiger partial charge in [-0.1, -0.05) is 96.0 Å². The Morgan fingerprint density at radius 3 is 1.81 bits per heavy atom. The number of hydrogen-bond donors (Lipinski definition) is 0. The Hall–Kier alpha value is -1.56. The van der Waals surface area contributed by atoms with Gasteiger partial charge in [-0.15, -0.1) is 0 Å². The molecule has 3 rings (SSSR count). The van der Waals surface area contributed by atoms with Crippen molar-refractivity contribution in [3.8, 4) is 0 Å². The van der Waals surface area contributed by atoms with Crippen molar-refractivity contribution < 1.29 is 0 Å². The maximum Gasteiger partial charge on any atom is 0.0455 e. The summed E-state index contributed by atoms with van der Waals surface area (Å²) in [4.78, 5) is 0. The van der Waals surface area contributed by atoms with Crippen molar-refractivity contribution in [3.05, 3.63) is 63.8 Å². The van der Waals surface area contributed by atoms with Gasteiger partial charge in [-0.05, 0) is 59.3 Å². The first-order valence-electron chi connectivity index (χ1n) is 10.6. The van der Waals surface area contributed by atoms with E-state index in [0.717, 1.165) is 25.7 Å². The summed E-state index contributed by atoms with van der Waals surface area (Å²) in [6.45, 7) is 16.7. The van der Waals surface area contributed by atoms with Crippen LogP contribution in [0.4, 0.5) is 0 Å². The Labute approximate surface area is 161 Å². The predicted octanol–water partition coefficient (Wildman–Crippen LogP) is 7.86. The van der Waals surface area contributed by atoms with Gasteiger partial charge >= 0.3 is 0 Å². The van der Waals surface area contributed by atoms with Gasteiger partial charge in [-0.25, -0.2) is 0 Å². The maximum absolute atomic E-state index is 2.53. The molecule has 1 atom stereocenters. The van der Waals surface area contributed by atoms with E-state index < -0.39 is 0 Å². The molecule has 1 unspecified atom stereocenters. The molecule has 0 fully saturated rings. The van der Waals surface area contributed by atoms with Crippen LogP contribution < -0.4 is 0 Å². The molecule has 0 radical (unpaired) electrons. The van der Waals surface area contributed by atoms with Crippen LogP contribution in [0.3, 0.4) is 0 Å². The second-order valence-electron chi connectivity index (χ2n) is 8.93. The SMILES string of the molecule is CCC1=C(CC)C2(C(CC)=C1CC)c1ccccc1C=CC2C(C)(C)C. The van der Waals surface area contributed by atoms with E-state index in [1.54, 1.807) is 27.9 Å². The molecule has 1 aromatic rings. The maximum atomic E-state index is 2.53. The Balaban J connectivity index is 2.47. The van der Waals surface area contributed by atoms with Crippen LogP contribution in [0.5, 0.6) is 0 Å². The minimum Gasteiger partial charge on any atom is -0.0787 e. The Bertz CT molecular complexity index is 749. The van der Waals surface area contributed by atoms with E-state index in [4.69, 9.17) is 0 Å². The van der Waals surface area contributed by atoms with Crippen molar-refractivity contribution in [1.29, 1.82) is 0 Å². The van der Waals surface area contributed by atoms with Crippen LogP contribution in [0.1, 0.15) is 85.3 Å². The minimum absolute atomic E-state index is 0.0593. The molecule has 0 aromatic heterocycles. The highest BCUT2D eigenvalue weighted by Gasteiger charge is 2.54. The van der Waals surface area contributed by atoms with E-state index in [2.05, 4.69) is 84.9 Å². The summed E-state index contributed by atoms with van der Waals surface area (Å²) >= 11 is 0. The van der Waals surface area contributed by atoms with Crippen molar-refractivity contribution >= 4 is 6.08 Å². The van der Waals surface area contributed by atoms with Gasteiger partial charge in [0, 0.05) is 5.41 Å². The molecule has 2 aliphatic carbocycles. The van der Waals surface area contributed by atoms with E-state index in [1.807, 2.05) is 0 Å². The van der Waals surface area contributed by atoms with Crippen molar-refractivity contribution in [3.63, 3.8) is 0 Å². The topological polar surface area (TPSA) is 0 Å². The second-order valence-corrected chi connectivity index (χ2v) is 8.93. The zero-order valence-corrected chi connectivity index (χ0v) is 17.9. The van der Waals surface area contributed by atoms with Crippen LogP contribution in [0, 0.1) is 11.3 Å². The standard InChI is InChI=1S/C26H36/c1-8-19-20(9-2)22(11-4)26(21(19)10-3)23-15-13-12-14-18(23)16-17-24(26)25(5,6)7/h12-17,24H,8-11H2,1-7H3. The molecular weight excluding hydrogens is 312 g/mol. The Morgan fingerprint density at radius 2 is 1.35 bits per heavy atom. The third-order valence-corrected chi connectivity index (χ3v) is 6.71.